The van der Waals surface area contributed by atoms with Gasteiger partial charge in [0.25, 0.3) is 0 Å². The number of rotatable bonds is 2. The minimum absolute atomic E-state index is 0.00196. The molecule has 2 aliphatic rings. The van der Waals surface area contributed by atoms with Gasteiger partial charge in [-0.1, -0.05) is 6.07 Å². The molecule has 0 aromatic heterocycles. The lowest BCUT2D eigenvalue weighted by Gasteiger charge is -2.24. The number of sulfone groups is 1. The SMILES string of the molecule is CN1c2ccc(S(=O)(=O)c3cccc(F)c3)cc2[C@H]2CCNCCC21. The maximum atomic E-state index is 13.5. The lowest BCUT2D eigenvalue weighted by atomic mass is 9.91. The first-order valence-corrected chi connectivity index (χ1v) is 10.0. The average molecular weight is 360 g/mol. The van der Waals surface area contributed by atoms with Gasteiger partial charge in [-0.3, -0.25) is 0 Å². The first kappa shape index (κ1) is 16.5. The molecule has 1 unspecified atom stereocenters. The second kappa shape index (κ2) is 6.11. The lowest BCUT2D eigenvalue weighted by molar-refractivity contribution is 0.531. The summed E-state index contributed by atoms with van der Waals surface area (Å²) in [6, 6.07) is 10.9. The smallest absolute Gasteiger partial charge is 0.206 e. The molecule has 1 fully saturated rings. The van der Waals surface area contributed by atoms with Crippen LogP contribution in [0.4, 0.5) is 10.1 Å². The van der Waals surface area contributed by atoms with Crippen molar-refractivity contribution in [1.29, 1.82) is 0 Å². The molecule has 0 amide bonds. The highest BCUT2D eigenvalue weighted by atomic mass is 32.2. The van der Waals surface area contributed by atoms with Gasteiger partial charge in [-0.05, 0) is 67.9 Å². The zero-order chi connectivity index (χ0) is 17.6. The van der Waals surface area contributed by atoms with Crippen LogP contribution in [-0.4, -0.2) is 34.6 Å². The van der Waals surface area contributed by atoms with Crippen LogP contribution in [-0.2, 0) is 9.84 Å². The summed E-state index contributed by atoms with van der Waals surface area (Å²) in [4.78, 5) is 2.51. The van der Waals surface area contributed by atoms with Crippen molar-refractivity contribution in [3.05, 3.63) is 53.8 Å². The van der Waals surface area contributed by atoms with Crippen LogP contribution in [0.25, 0.3) is 0 Å². The quantitative estimate of drug-likeness (QED) is 0.895. The number of nitrogens with zero attached hydrogens (tertiary/aromatic N) is 1. The number of benzene rings is 2. The molecule has 25 heavy (non-hydrogen) atoms. The second-order valence-corrected chi connectivity index (χ2v) is 8.74. The van der Waals surface area contributed by atoms with Crippen LogP contribution >= 0.6 is 0 Å². The van der Waals surface area contributed by atoms with E-state index in [9.17, 15) is 12.8 Å². The van der Waals surface area contributed by atoms with E-state index in [2.05, 4.69) is 17.3 Å². The summed E-state index contributed by atoms with van der Waals surface area (Å²) in [5.41, 5.74) is 2.20. The Morgan fingerprint density at radius 1 is 1.08 bits per heavy atom. The third-order valence-electron chi connectivity index (χ3n) is 5.41. The highest BCUT2D eigenvalue weighted by Crippen LogP contribution is 2.44. The van der Waals surface area contributed by atoms with E-state index in [4.69, 9.17) is 0 Å². The van der Waals surface area contributed by atoms with E-state index in [-0.39, 0.29) is 9.79 Å². The Labute approximate surface area is 147 Å². The zero-order valence-electron chi connectivity index (χ0n) is 14.1. The number of hydrogen-bond donors (Lipinski definition) is 1. The summed E-state index contributed by atoms with van der Waals surface area (Å²) in [5.74, 6) is -0.213. The first-order chi connectivity index (χ1) is 12.0. The van der Waals surface area contributed by atoms with Gasteiger partial charge in [-0.2, -0.15) is 0 Å². The van der Waals surface area contributed by atoms with Crippen molar-refractivity contribution < 1.29 is 12.8 Å². The molecule has 2 aromatic rings. The molecule has 4 rings (SSSR count). The fraction of sp³-hybridized carbons (Fsp3) is 0.368. The van der Waals surface area contributed by atoms with Gasteiger partial charge in [0, 0.05) is 24.7 Å². The number of anilines is 1. The minimum Gasteiger partial charge on any atom is -0.371 e. The highest BCUT2D eigenvalue weighted by molar-refractivity contribution is 7.91. The van der Waals surface area contributed by atoms with E-state index in [0.29, 0.717) is 12.0 Å². The van der Waals surface area contributed by atoms with Crippen LogP contribution < -0.4 is 10.2 Å². The Morgan fingerprint density at radius 3 is 2.64 bits per heavy atom. The molecule has 4 nitrogen and oxygen atoms in total. The van der Waals surface area contributed by atoms with Crippen LogP contribution in [0.3, 0.4) is 0 Å². The number of fused-ring (bicyclic) bond motifs is 3. The normalized spacial score (nSPS) is 23.0. The predicted molar refractivity (Wildman–Crippen MR) is 95.3 cm³/mol. The van der Waals surface area contributed by atoms with Crippen LogP contribution in [0.15, 0.2) is 52.3 Å². The highest BCUT2D eigenvalue weighted by Gasteiger charge is 2.37. The summed E-state index contributed by atoms with van der Waals surface area (Å²) in [7, 11) is -1.64. The summed E-state index contributed by atoms with van der Waals surface area (Å²) in [5, 5.41) is 3.42. The van der Waals surface area contributed by atoms with Crippen molar-refractivity contribution in [2.24, 2.45) is 0 Å². The molecule has 2 atom stereocenters. The summed E-state index contributed by atoms with van der Waals surface area (Å²) < 4.78 is 39.3. The van der Waals surface area contributed by atoms with Crippen LogP contribution in [0.1, 0.15) is 24.3 Å². The van der Waals surface area contributed by atoms with Gasteiger partial charge >= 0.3 is 0 Å². The monoisotopic (exact) mass is 360 g/mol. The van der Waals surface area contributed by atoms with Gasteiger partial charge in [-0.15, -0.1) is 0 Å². The van der Waals surface area contributed by atoms with Gasteiger partial charge in [0.05, 0.1) is 9.79 Å². The standard InChI is InChI=1S/C19H21FN2O2S/c1-22-18-6-5-15(25(23,24)14-4-2-3-13(20)11-14)12-17(18)16-7-9-21-10-8-19(16)22/h2-6,11-12,16,19,21H,7-10H2,1H3/t16-,19?/m1/s1. The van der Waals surface area contributed by atoms with Crippen LogP contribution in [0.5, 0.6) is 0 Å². The lowest BCUT2D eigenvalue weighted by Crippen LogP contribution is -2.30. The van der Waals surface area contributed by atoms with Crippen molar-refractivity contribution >= 4 is 15.5 Å². The summed E-state index contributed by atoms with van der Waals surface area (Å²) in [6.07, 6.45) is 2.04. The first-order valence-electron chi connectivity index (χ1n) is 8.56. The molecule has 6 heteroatoms. The Bertz CT molecular complexity index is 913. The van der Waals surface area contributed by atoms with Crippen LogP contribution in [0, 0.1) is 5.82 Å². The number of halogens is 1. The van der Waals surface area contributed by atoms with E-state index >= 15 is 0 Å². The van der Waals surface area contributed by atoms with Crippen molar-refractivity contribution in [1.82, 2.24) is 5.32 Å². The van der Waals surface area contributed by atoms with E-state index in [1.54, 1.807) is 12.1 Å². The molecule has 0 aliphatic carbocycles. The molecule has 0 radical (unpaired) electrons. The number of nitrogens with one attached hydrogen (secondary N) is 1. The largest absolute Gasteiger partial charge is 0.371 e. The van der Waals surface area contributed by atoms with Crippen LogP contribution in [0.2, 0.25) is 0 Å². The minimum atomic E-state index is -3.72. The summed E-state index contributed by atoms with van der Waals surface area (Å²) in [6.45, 7) is 1.92. The second-order valence-electron chi connectivity index (χ2n) is 6.79. The molecule has 2 aromatic carbocycles. The zero-order valence-corrected chi connectivity index (χ0v) is 14.9. The van der Waals surface area contributed by atoms with E-state index < -0.39 is 15.7 Å². The van der Waals surface area contributed by atoms with E-state index in [1.165, 1.54) is 18.2 Å². The predicted octanol–water partition coefficient (Wildman–Crippen LogP) is 2.94. The fourth-order valence-corrected chi connectivity index (χ4v) is 5.45. The van der Waals surface area contributed by atoms with Gasteiger partial charge in [0.2, 0.25) is 9.84 Å². The fourth-order valence-electron chi connectivity index (χ4n) is 4.12. The van der Waals surface area contributed by atoms with Gasteiger partial charge in [0.1, 0.15) is 5.82 Å². The molecular formula is C19H21FN2O2S. The van der Waals surface area contributed by atoms with E-state index in [0.717, 1.165) is 43.2 Å². The third-order valence-corrected chi connectivity index (χ3v) is 7.16. The molecule has 1 N–H and O–H groups in total. The average Bonchev–Trinajstić information content (AvgIpc) is 2.77. The van der Waals surface area contributed by atoms with Crippen molar-refractivity contribution in [2.75, 3.05) is 25.0 Å². The molecule has 2 aliphatic heterocycles. The van der Waals surface area contributed by atoms with Crippen molar-refractivity contribution in [3.63, 3.8) is 0 Å². The van der Waals surface area contributed by atoms with Gasteiger partial charge < -0.3 is 10.2 Å². The molecular weight excluding hydrogens is 339 g/mol. The summed E-state index contributed by atoms with van der Waals surface area (Å²) >= 11 is 0. The topological polar surface area (TPSA) is 49.4 Å². The maximum absolute atomic E-state index is 13.5. The molecule has 0 bridgehead atoms. The molecule has 0 saturated carbocycles. The third kappa shape index (κ3) is 2.73. The Kier molecular flexibility index (Phi) is 4.04. The van der Waals surface area contributed by atoms with Gasteiger partial charge in [0.15, 0.2) is 0 Å². The number of hydrogen-bond acceptors (Lipinski definition) is 4. The van der Waals surface area contributed by atoms with Crippen molar-refractivity contribution in [2.45, 2.75) is 34.6 Å². The molecule has 2 heterocycles. The van der Waals surface area contributed by atoms with E-state index in [1.807, 2.05) is 6.07 Å². The molecule has 132 valence electrons. The maximum Gasteiger partial charge on any atom is 0.206 e. The van der Waals surface area contributed by atoms with Crippen molar-refractivity contribution in [3.8, 4) is 0 Å². The number of likely N-dealkylation sites (N-methyl/N-ethyl adjacent to an activating group) is 1. The molecule has 0 spiro atoms. The Balaban J connectivity index is 1.78. The molecule has 1 saturated heterocycles. The van der Waals surface area contributed by atoms with Gasteiger partial charge in [-0.25, -0.2) is 12.8 Å². The Morgan fingerprint density at radius 2 is 1.84 bits per heavy atom. The Hall–Kier alpha value is -1.92.